The molecule has 1 saturated carbocycles. The van der Waals surface area contributed by atoms with Crippen molar-refractivity contribution in [2.24, 2.45) is 11.7 Å². The van der Waals surface area contributed by atoms with Gasteiger partial charge in [-0.25, -0.2) is 4.79 Å². The maximum absolute atomic E-state index is 12.2. The van der Waals surface area contributed by atoms with E-state index in [4.69, 9.17) is 5.73 Å². The molecule has 1 aliphatic rings. The fraction of sp³-hybridized carbons (Fsp3) is 0.467. The molecule has 1 fully saturated rings. The highest BCUT2D eigenvalue weighted by molar-refractivity contribution is 5.95. The van der Waals surface area contributed by atoms with Crippen LogP contribution in [0.5, 0.6) is 0 Å². The van der Waals surface area contributed by atoms with Crippen LogP contribution >= 0.6 is 0 Å². The molecule has 0 bridgehead atoms. The molecule has 108 valence electrons. The number of nitrogens with one attached hydrogen (secondary N) is 1. The lowest BCUT2D eigenvalue weighted by atomic mass is 10.0. The Balaban J connectivity index is 2.10. The Morgan fingerprint density at radius 1 is 1.35 bits per heavy atom. The van der Waals surface area contributed by atoms with Gasteiger partial charge in [-0.1, -0.05) is 6.42 Å². The van der Waals surface area contributed by atoms with E-state index in [0.29, 0.717) is 11.3 Å². The highest BCUT2D eigenvalue weighted by Gasteiger charge is 2.30. The molecule has 0 saturated heterocycles. The van der Waals surface area contributed by atoms with Crippen LogP contribution in [0.4, 0.5) is 5.69 Å². The first-order valence-electron chi connectivity index (χ1n) is 6.78. The summed E-state index contributed by atoms with van der Waals surface area (Å²) >= 11 is 0. The van der Waals surface area contributed by atoms with Crippen molar-refractivity contribution in [3.05, 3.63) is 29.3 Å². The second-order valence-electron chi connectivity index (χ2n) is 5.21. The number of benzene rings is 1. The number of aryl methyl sites for hydroxylation is 1. The Kier molecular flexibility index (Phi) is 4.39. The Labute approximate surface area is 118 Å². The van der Waals surface area contributed by atoms with E-state index in [0.717, 1.165) is 24.8 Å². The maximum atomic E-state index is 12.2. The summed E-state index contributed by atoms with van der Waals surface area (Å²) in [4.78, 5) is 23.6. The van der Waals surface area contributed by atoms with Gasteiger partial charge in [-0.2, -0.15) is 0 Å². The minimum atomic E-state index is -0.385. The normalized spacial score (nSPS) is 21.6. The summed E-state index contributed by atoms with van der Waals surface area (Å²) in [7, 11) is 1.34. The number of amides is 1. The second kappa shape index (κ2) is 6.05. The van der Waals surface area contributed by atoms with E-state index in [1.807, 2.05) is 6.92 Å². The number of carbonyl (C=O) groups is 2. The van der Waals surface area contributed by atoms with Gasteiger partial charge < -0.3 is 15.8 Å². The van der Waals surface area contributed by atoms with Crippen LogP contribution in [0.1, 0.15) is 35.2 Å². The average molecular weight is 276 g/mol. The Bertz CT molecular complexity index is 528. The Morgan fingerprint density at radius 3 is 2.65 bits per heavy atom. The fourth-order valence-corrected chi connectivity index (χ4v) is 2.59. The Morgan fingerprint density at radius 2 is 2.10 bits per heavy atom. The zero-order chi connectivity index (χ0) is 14.7. The molecule has 20 heavy (non-hydrogen) atoms. The van der Waals surface area contributed by atoms with Crippen LogP contribution in [0.15, 0.2) is 18.2 Å². The van der Waals surface area contributed by atoms with Gasteiger partial charge in [0.25, 0.3) is 0 Å². The summed E-state index contributed by atoms with van der Waals surface area (Å²) in [5, 5.41) is 2.90. The summed E-state index contributed by atoms with van der Waals surface area (Å²) in [5.41, 5.74) is 7.94. The number of methoxy groups -OCH3 is 1. The molecule has 5 nitrogen and oxygen atoms in total. The van der Waals surface area contributed by atoms with E-state index in [9.17, 15) is 9.59 Å². The van der Waals surface area contributed by atoms with E-state index in [2.05, 4.69) is 10.1 Å². The molecular weight excluding hydrogens is 256 g/mol. The van der Waals surface area contributed by atoms with Gasteiger partial charge in [-0.3, -0.25) is 4.79 Å². The molecular formula is C15H20N2O3. The third-order valence-corrected chi connectivity index (χ3v) is 3.81. The van der Waals surface area contributed by atoms with Crippen LogP contribution in [0.3, 0.4) is 0 Å². The van der Waals surface area contributed by atoms with Gasteiger partial charge in [0.05, 0.1) is 18.6 Å². The number of rotatable bonds is 3. The average Bonchev–Trinajstić information content (AvgIpc) is 2.86. The molecule has 1 amide bonds. The molecule has 2 atom stereocenters. The monoisotopic (exact) mass is 276 g/mol. The minimum Gasteiger partial charge on any atom is -0.465 e. The second-order valence-corrected chi connectivity index (χ2v) is 5.21. The van der Waals surface area contributed by atoms with E-state index in [-0.39, 0.29) is 23.8 Å². The summed E-state index contributed by atoms with van der Waals surface area (Å²) in [6.07, 6.45) is 2.74. The number of nitrogens with two attached hydrogens (primary N) is 1. The minimum absolute atomic E-state index is 0.0380. The van der Waals surface area contributed by atoms with E-state index in [1.54, 1.807) is 18.2 Å². The predicted octanol–water partition coefficient (Wildman–Crippen LogP) is 1.85. The summed E-state index contributed by atoms with van der Waals surface area (Å²) in [6.45, 7) is 1.84. The molecule has 0 radical (unpaired) electrons. The smallest absolute Gasteiger partial charge is 0.337 e. The maximum Gasteiger partial charge on any atom is 0.337 e. The molecule has 1 aromatic rings. The van der Waals surface area contributed by atoms with Gasteiger partial charge in [0.2, 0.25) is 5.91 Å². The molecule has 2 rings (SSSR count). The molecule has 0 aliphatic heterocycles. The molecule has 1 aromatic carbocycles. The van der Waals surface area contributed by atoms with Crippen LogP contribution in [-0.4, -0.2) is 25.0 Å². The van der Waals surface area contributed by atoms with Gasteiger partial charge >= 0.3 is 5.97 Å². The quantitative estimate of drug-likeness (QED) is 0.825. The lowest BCUT2D eigenvalue weighted by Gasteiger charge is -2.16. The molecule has 0 heterocycles. The van der Waals surface area contributed by atoms with Crippen LogP contribution in [0.25, 0.3) is 0 Å². The lowest BCUT2D eigenvalue weighted by molar-refractivity contribution is -0.120. The number of carbonyl (C=O) groups excluding carboxylic acids is 2. The zero-order valence-electron chi connectivity index (χ0n) is 11.8. The summed E-state index contributed by atoms with van der Waals surface area (Å²) < 4.78 is 4.66. The van der Waals surface area contributed by atoms with Crippen LogP contribution in [0.2, 0.25) is 0 Å². The van der Waals surface area contributed by atoms with Gasteiger partial charge in [0, 0.05) is 11.7 Å². The zero-order valence-corrected chi connectivity index (χ0v) is 11.8. The van der Waals surface area contributed by atoms with Gasteiger partial charge in [-0.05, 0) is 43.5 Å². The van der Waals surface area contributed by atoms with Crippen molar-refractivity contribution in [2.75, 3.05) is 12.4 Å². The van der Waals surface area contributed by atoms with Crippen molar-refractivity contribution in [1.82, 2.24) is 0 Å². The topological polar surface area (TPSA) is 81.4 Å². The summed E-state index contributed by atoms with van der Waals surface area (Å²) in [6, 6.07) is 5.02. The van der Waals surface area contributed by atoms with Crippen LogP contribution in [-0.2, 0) is 9.53 Å². The Hall–Kier alpha value is -1.88. The lowest BCUT2D eigenvalue weighted by Crippen LogP contribution is -2.34. The number of esters is 1. The highest BCUT2D eigenvalue weighted by atomic mass is 16.5. The standard InChI is InChI=1S/C15H20N2O3/c1-9-8-10(15(19)20-2)6-7-13(9)17-14(18)11-4-3-5-12(11)16/h6-8,11-12H,3-5,16H2,1-2H3,(H,17,18). The van der Waals surface area contributed by atoms with Crippen molar-refractivity contribution in [3.63, 3.8) is 0 Å². The first-order valence-corrected chi connectivity index (χ1v) is 6.78. The van der Waals surface area contributed by atoms with Crippen molar-refractivity contribution in [3.8, 4) is 0 Å². The number of hydrogen-bond acceptors (Lipinski definition) is 4. The highest BCUT2D eigenvalue weighted by Crippen LogP contribution is 2.26. The predicted molar refractivity (Wildman–Crippen MR) is 76.5 cm³/mol. The van der Waals surface area contributed by atoms with E-state index in [1.165, 1.54) is 7.11 Å². The largest absolute Gasteiger partial charge is 0.465 e. The third-order valence-electron chi connectivity index (χ3n) is 3.81. The van der Waals surface area contributed by atoms with E-state index < -0.39 is 0 Å². The molecule has 3 N–H and O–H groups in total. The first kappa shape index (κ1) is 14.5. The van der Waals surface area contributed by atoms with Gasteiger partial charge in [0.1, 0.15) is 0 Å². The molecule has 2 unspecified atom stereocenters. The van der Waals surface area contributed by atoms with Crippen molar-refractivity contribution < 1.29 is 14.3 Å². The SMILES string of the molecule is COC(=O)c1ccc(NC(=O)C2CCCC2N)c(C)c1. The van der Waals surface area contributed by atoms with Gasteiger partial charge in [0.15, 0.2) is 0 Å². The number of anilines is 1. The van der Waals surface area contributed by atoms with Gasteiger partial charge in [-0.15, -0.1) is 0 Å². The molecule has 0 spiro atoms. The fourth-order valence-electron chi connectivity index (χ4n) is 2.59. The van der Waals surface area contributed by atoms with Crippen molar-refractivity contribution in [2.45, 2.75) is 32.2 Å². The van der Waals surface area contributed by atoms with Crippen LogP contribution < -0.4 is 11.1 Å². The van der Waals surface area contributed by atoms with Crippen molar-refractivity contribution in [1.29, 1.82) is 0 Å². The van der Waals surface area contributed by atoms with Crippen molar-refractivity contribution >= 4 is 17.6 Å². The molecule has 0 aromatic heterocycles. The van der Waals surface area contributed by atoms with Crippen LogP contribution in [0, 0.1) is 12.8 Å². The number of ether oxygens (including phenoxy) is 1. The molecule has 1 aliphatic carbocycles. The van der Waals surface area contributed by atoms with E-state index >= 15 is 0 Å². The number of hydrogen-bond donors (Lipinski definition) is 2. The first-order chi connectivity index (χ1) is 9.52. The third kappa shape index (κ3) is 2.99. The summed E-state index contributed by atoms with van der Waals surface area (Å²) in [5.74, 6) is -0.539. The molecule has 5 heteroatoms.